The van der Waals surface area contributed by atoms with Crippen LogP contribution in [0.2, 0.25) is 0 Å². The van der Waals surface area contributed by atoms with E-state index in [1.54, 1.807) is 11.3 Å². The number of aromatic nitrogens is 1. The van der Waals surface area contributed by atoms with E-state index in [2.05, 4.69) is 22.1 Å². The molecule has 0 atom stereocenters. The van der Waals surface area contributed by atoms with Gasteiger partial charge in [-0.2, -0.15) is 0 Å². The number of fused-ring (bicyclic) bond motifs is 1. The number of urea groups is 1. The van der Waals surface area contributed by atoms with Gasteiger partial charge in [0.05, 0.1) is 5.69 Å². The predicted octanol–water partition coefficient (Wildman–Crippen LogP) is 2.63. The number of nitrogens with one attached hydrogen (secondary N) is 1. The van der Waals surface area contributed by atoms with Crippen LogP contribution in [0.4, 0.5) is 9.93 Å². The van der Waals surface area contributed by atoms with E-state index in [4.69, 9.17) is 0 Å². The molecule has 7 nitrogen and oxygen atoms in total. The second-order valence-electron chi connectivity index (χ2n) is 7.21. The lowest BCUT2D eigenvalue weighted by atomic mass is 9.96. The van der Waals surface area contributed by atoms with Crippen molar-refractivity contribution in [3.63, 3.8) is 0 Å². The maximum Gasteiger partial charge on any atom is 0.319 e. The van der Waals surface area contributed by atoms with Crippen LogP contribution >= 0.6 is 11.3 Å². The standard InChI is InChI=1S/C19H31N5O2S/c1-4-22-10-9-15-16(13-22)27-18(20-15)21-17(25)14-7-11-24(12-8-14)19(26)23(5-2)6-3/h14H,4-13H2,1-3H3,(H,20,21,25). The van der Waals surface area contributed by atoms with Gasteiger partial charge in [-0.05, 0) is 33.2 Å². The number of rotatable bonds is 5. The van der Waals surface area contributed by atoms with Crippen LogP contribution in [0.3, 0.4) is 0 Å². The van der Waals surface area contributed by atoms with E-state index in [1.165, 1.54) is 4.88 Å². The van der Waals surface area contributed by atoms with Crippen molar-refractivity contribution in [3.8, 4) is 0 Å². The van der Waals surface area contributed by atoms with Crippen molar-refractivity contribution in [2.75, 3.05) is 44.6 Å². The molecule has 1 N–H and O–H groups in total. The average molecular weight is 394 g/mol. The quantitative estimate of drug-likeness (QED) is 0.835. The van der Waals surface area contributed by atoms with E-state index < -0.39 is 0 Å². The molecule has 2 aliphatic heterocycles. The third-order valence-electron chi connectivity index (χ3n) is 5.66. The molecular weight excluding hydrogens is 362 g/mol. The van der Waals surface area contributed by atoms with Crippen molar-refractivity contribution in [1.82, 2.24) is 19.7 Å². The molecule has 0 aromatic carbocycles. The fraction of sp³-hybridized carbons (Fsp3) is 0.737. The Morgan fingerprint density at radius 2 is 1.89 bits per heavy atom. The molecule has 0 radical (unpaired) electrons. The normalized spacial score (nSPS) is 18.3. The van der Waals surface area contributed by atoms with Crippen molar-refractivity contribution in [2.45, 2.75) is 46.6 Å². The van der Waals surface area contributed by atoms with Crippen LogP contribution in [0.15, 0.2) is 0 Å². The Morgan fingerprint density at radius 1 is 1.19 bits per heavy atom. The van der Waals surface area contributed by atoms with Crippen molar-refractivity contribution >= 4 is 28.4 Å². The molecule has 1 aromatic rings. The lowest BCUT2D eigenvalue weighted by Gasteiger charge is -2.34. The lowest BCUT2D eigenvalue weighted by molar-refractivity contribution is -0.121. The van der Waals surface area contributed by atoms with Gasteiger partial charge in [0, 0.05) is 56.5 Å². The van der Waals surface area contributed by atoms with Crippen molar-refractivity contribution in [1.29, 1.82) is 0 Å². The van der Waals surface area contributed by atoms with Crippen LogP contribution < -0.4 is 5.32 Å². The Kier molecular flexibility index (Phi) is 6.70. The maximum absolute atomic E-state index is 12.7. The van der Waals surface area contributed by atoms with Gasteiger partial charge in [-0.15, -0.1) is 11.3 Å². The summed E-state index contributed by atoms with van der Waals surface area (Å²) in [5, 5.41) is 3.75. The molecule has 0 saturated carbocycles. The monoisotopic (exact) mass is 393 g/mol. The summed E-state index contributed by atoms with van der Waals surface area (Å²) in [7, 11) is 0. The van der Waals surface area contributed by atoms with Crippen LogP contribution in [-0.2, 0) is 17.8 Å². The molecule has 2 aliphatic rings. The number of amides is 3. The first-order chi connectivity index (χ1) is 13.0. The average Bonchev–Trinajstić information content (AvgIpc) is 3.10. The first-order valence-corrected chi connectivity index (χ1v) is 10.9. The lowest BCUT2D eigenvalue weighted by Crippen LogP contribution is -2.47. The Balaban J connectivity index is 1.52. The molecule has 3 amide bonds. The summed E-state index contributed by atoms with van der Waals surface area (Å²) in [5.74, 6) is 0.00204. The predicted molar refractivity (Wildman–Crippen MR) is 108 cm³/mol. The molecule has 8 heteroatoms. The summed E-state index contributed by atoms with van der Waals surface area (Å²) in [5.41, 5.74) is 1.14. The number of likely N-dealkylation sites (N-methyl/N-ethyl adjacent to an activating group) is 1. The number of anilines is 1. The summed E-state index contributed by atoms with van der Waals surface area (Å²) in [6, 6.07) is 0.0898. The molecule has 1 saturated heterocycles. The van der Waals surface area contributed by atoms with Crippen molar-refractivity contribution in [2.24, 2.45) is 5.92 Å². The summed E-state index contributed by atoms with van der Waals surface area (Å²) in [6.45, 7) is 11.9. The number of nitrogens with zero attached hydrogens (tertiary/aromatic N) is 4. The minimum atomic E-state index is -0.0428. The van der Waals surface area contributed by atoms with Gasteiger partial charge in [0.1, 0.15) is 0 Å². The molecule has 150 valence electrons. The fourth-order valence-electron chi connectivity index (χ4n) is 3.81. The summed E-state index contributed by atoms with van der Waals surface area (Å²) >= 11 is 1.61. The third kappa shape index (κ3) is 4.60. The number of piperidine rings is 1. The van der Waals surface area contributed by atoms with Crippen LogP contribution in [-0.4, -0.2) is 70.9 Å². The minimum Gasteiger partial charge on any atom is -0.325 e. The van der Waals surface area contributed by atoms with Crippen LogP contribution in [0.25, 0.3) is 0 Å². The zero-order chi connectivity index (χ0) is 19.4. The topological polar surface area (TPSA) is 68.8 Å². The highest BCUT2D eigenvalue weighted by Gasteiger charge is 2.29. The summed E-state index contributed by atoms with van der Waals surface area (Å²) in [4.78, 5) is 37.1. The number of hydrogen-bond acceptors (Lipinski definition) is 5. The number of thiazole rings is 1. The van der Waals surface area contributed by atoms with Gasteiger partial charge in [0.2, 0.25) is 5.91 Å². The van der Waals surface area contributed by atoms with E-state index in [1.807, 2.05) is 23.6 Å². The van der Waals surface area contributed by atoms with E-state index in [0.717, 1.165) is 50.0 Å². The van der Waals surface area contributed by atoms with Crippen LogP contribution in [0.1, 0.15) is 44.2 Å². The molecule has 0 spiro atoms. The minimum absolute atomic E-state index is 0.0428. The number of hydrogen-bond donors (Lipinski definition) is 1. The first-order valence-electron chi connectivity index (χ1n) is 10.1. The van der Waals surface area contributed by atoms with E-state index in [-0.39, 0.29) is 17.9 Å². The Morgan fingerprint density at radius 3 is 2.52 bits per heavy atom. The molecule has 3 heterocycles. The first kappa shape index (κ1) is 20.1. The Hall–Kier alpha value is -1.67. The third-order valence-corrected chi connectivity index (χ3v) is 6.66. The Bertz CT molecular complexity index is 665. The molecule has 3 rings (SSSR count). The van der Waals surface area contributed by atoms with Gasteiger partial charge in [-0.1, -0.05) is 6.92 Å². The highest BCUT2D eigenvalue weighted by molar-refractivity contribution is 7.15. The van der Waals surface area contributed by atoms with E-state index in [9.17, 15) is 9.59 Å². The molecule has 1 fully saturated rings. The van der Waals surface area contributed by atoms with Gasteiger partial charge in [0.25, 0.3) is 0 Å². The number of carbonyl (C=O) groups is 2. The molecule has 0 aliphatic carbocycles. The van der Waals surface area contributed by atoms with Gasteiger partial charge < -0.3 is 15.1 Å². The van der Waals surface area contributed by atoms with E-state index >= 15 is 0 Å². The smallest absolute Gasteiger partial charge is 0.319 e. The second-order valence-corrected chi connectivity index (χ2v) is 8.30. The number of likely N-dealkylation sites (tertiary alicyclic amines) is 1. The van der Waals surface area contributed by atoms with Crippen LogP contribution in [0.5, 0.6) is 0 Å². The van der Waals surface area contributed by atoms with E-state index in [0.29, 0.717) is 25.9 Å². The fourth-order valence-corrected chi connectivity index (χ4v) is 4.86. The largest absolute Gasteiger partial charge is 0.325 e. The summed E-state index contributed by atoms with van der Waals surface area (Å²) in [6.07, 6.45) is 2.39. The molecule has 27 heavy (non-hydrogen) atoms. The SMILES string of the molecule is CCN1CCc2nc(NC(=O)C3CCN(C(=O)N(CC)CC)CC3)sc2C1. The number of carbonyl (C=O) groups excluding carboxylic acids is 2. The maximum atomic E-state index is 12.7. The second kappa shape index (κ2) is 9.01. The molecule has 0 unspecified atom stereocenters. The van der Waals surface area contributed by atoms with Gasteiger partial charge >= 0.3 is 6.03 Å². The molecule has 1 aromatic heterocycles. The highest BCUT2D eigenvalue weighted by atomic mass is 32.1. The van der Waals surface area contributed by atoms with Gasteiger partial charge in [-0.3, -0.25) is 9.69 Å². The van der Waals surface area contributed by atoms with Crippen LogP contribution in [0, 0.1) is 5.92 Å². The summed E-state index contributed by atoms with van der Waals surface area (Å²) < 4.78 is 0. The van der Waals surface area contributed by atoms with Gasteiger partial charge in [0.15, 0.2) is 5.13 Å². The van der Waals surface area contributed by atoms with Gasteiger partial charge in [-0.25, -0.2) is 9.78 Å². The highest BCUT2D eigenvalue weighted by Crippen LogP contribution is 2.29. The Labute approximate surface area is 165 Å². The van der Waals surface area contributed by atoms with Crippen molar-refractivity contribution < 1.29 is 9.59 Å². The van der Waals surface area contributed by atoms with Crippen molar-refractivity contribution in [3.05, 3.63) is 10.6 Å². The molecular formula is C19H31N5O2S. The zero-order valence-electron chi connectivity index (χ0n) is 16.7. The zero-order valence-corrected chi connectivity index (χ0v) is 17.5. The molecule has 0 bridgehead atoms.